The van der Waals surface area contributed by atoms with E-state index in [-0.39, 0.29) is 5.91 Å². The number of thiazole rings is 1. The zero-order valence-corrected chi connectivity index (χ0v) is 16.6. The maximum Gasteiger partial charge on any atom is 0.227 e. The van der Waals surface area contributed by atoms with Gasteiger partial charge >= 0.3 is 0 Å². The van der Waals surface area contributed by atoms with E-state index in [1.807, 2.05) is 50.4 Å². The van der Waals surface area contributed by atoms with E-state index in [2.05, 4.69) is 9.97 Å². The number of benzene rings is 1. The average molecular weight is 382 g/mol. The van der Waals surface area contributed by atoms with Crippen molar-refractivity contribution in [3.05, 3.63) is 64.9 Å². The zero-order chi connectivity index (χ0) is 19.2. The number of likely N-dealkylation sites (N-methyl/N-ethyl adjacent to an activating group) is 1. The van der Waals surface area contributed by atoms with Gasteiger partial charge in [-0.1, -0.05) is 0 Å². The smallest absolute Gasteiger partial charge is 0.227 e. The molecular weight excluding hydrogens is 358 g/mol. The van der Waals surface area contributed by atoms with Gasteiger partial charge in [-0.3, -0.25) is 9.78 Å². The summed E-state index contributed by atoms with van der Waals surface area (Å²) in [6, 6.07) is 11.8. The number of hydrogen-bond donors (Lipinski definition) is 0. The van der Waals surface area contributed by atoms with Gasteiger partial charge in [-0.05, 0) is 55.3 Å². The van der Waals surface area contributed by atoms with Crippen LogP contribution in [-0.4, -0.2) is 41.5 Å². The summed E-state index contributed by atoms with van der Waals surface area (Å²) in [6.45, 7) is 2.65. The van der Waals surface area contributed by atoms with Crippen LogP contribution in [0.2, 0.25) is 0 Å². The van der Waals surface area contributed by atoms with Crippen LogP contribution in [0.5, 0.6) is 5.75 Å². The first-order chi connectivity index (χ1) is 13.1. The fourth-order valence-electron chi connectivity index (χ4n) is 2.69. The lowest BCUT2D eigenvalue weighted by molar-refractivity contribution is -0.129. The van der Waals surface area contributed by atoms with Crippen LogP contribution in [0.3, 0.4) is 0 Å². The molecule has 0 aliphatic carbocycles. The predicted octanol–water partition coefficient (Wildman–Crippen LogP) is 3.77. The third-order valence-electron chi connectivity index (χ3n) is 4.45. The van der Waals surface area contributed by atoms with Gasteiger partial charge in [0.25, 0.3) is 0 Å². The first kappa shape index (κ1) is 19.0. The number of nitrogens with zero attached hydrogens (tertiary/aromatic N) is 3. The Labute approximate surface area is 163 Å². The van der Waals surface area contributed by atoms with Crippen molar-refractivity contribution in [2.24, 2.45) is 0 Å². The summed E-state index contributed by atoms with van der Waals surface area (Å²) in [4.78, 5) is 24.1. The maximum absolute atomic E-state index is 12.6. The van der Waals surface area contributed by atoms with E-state index >= 15 is 0 Å². The summed E-state index contributed by atoms with van der Waals surface area (Å²) in [7, 11) is 3.50. The Kier molecular flexibility index (Phi) is 6.19. The molecule has 3 rings (SSSR count). The van der Waals surface area contributed by atoms with Gasteiger partial charge in [0.1, 0.15) is 10.8 Å². The molecule has 0 aliphatic rings. The molecule has 0 atom stereocenters. The quantitative estimate of drug-likeness (QED) is 0.625. The van der Waals surface area contributed by atoms with E-state index in [0.717, 1.165) is 33.3 Å². The summed E-state index contributed by atoms with van der Waals surface area (Å²) in [5.74, 6) is 0.926. The van der Waals surface area contributed by atoms with Crippen molar-refractivity contribution in [2.75, 3.05) is 20.7 Å². The summed E-state index contributed by atoms with van der Waals surface area (Å²) in [5, 5.41) is 0.928. The molecule has 3 aromatic rings. The lowest BCUT2D eigenvalue weighted by Crippen LogP contribution is -2.30. The van der Waals surface area contributed by atoms with Crippen LogP contribution in [0, 0.1) is 6.92 Å². The molecule has 2 heterocycles. The highest BCUT2D eigenvalue weighted by molar-refractivity contribution is 7.15. The van der Waals surface area contributed by atoms with Crippen LogP contribution in [0.15, 0.2) is 48.8 Å². The molecular formula is C21H23N3O2S. The van der Waals surface area contributed by atoms with Gasteiger partial charge in [0.2, 0.25) is 5.91 Å². The number of aryl methyl sites for hydroxylation is 1. The van der Waals surface area contributed by atoms with E-state index in [1.165, 1.54) is 5.56 Å². The van der Waals surface area contributed by atoms with E-state index in [0.29, 0.717) is 13.0 Å². The standard InChI is InChI=1S/C21H23N3O2S/c1-15-19(27-21(23-15)17-4-6-18(26-3)7-5-17)14-20(25)24(2)13-10-16-8-11-22-12-9-16/h4-9,11-12H,10,13-14H2,1-3H3. The van der Waals surface area contributed by atoms with Gasteiger partial charge in [-0.15, -0.1) is 11.3 Å². The second kappa shape index (κ2) is 8.77. The predicted molar refractivity (Wildman–Crippen MR) is 108 cm³/mol. The van der Waals surface area contributed by atoms with Gasteiger partial charge in [0.15, 0.2) is 0 Å². The zero-order valence-electron chi connectivity index (χ0n) is 15.8. The Balaban J connectivity index is 1.62. The number of carbonyl (C=O) groups is 1. The molecule has 6 heteroatoms. The van der Waals surface area contributed by atoms with Crippen molar-refractivity contribution in [1.29, 1.82) is 0 Å². The molecule has 0 spiro atoms. The molecule has 0 N–H and O–H groups in total. The van der Waals surface area contributed by atoms with E-state index in [1.54, 1.807) is 35.7 Å². The van der Waals surface area contributed by atoms with Crippen molar-refractivity contribution in [2.45, 2.75) is 19.8 Å². The Morgan fingerprint density at radius 1 is 1.15 bits per heavy atom. The van der Waals surface area contributed by atoms with Crippen LogP contribution < -0.4 is 4.74 Å². The number of methoxy groups -OCH3 is 1. The van der Waals surface area contributed by atoms with Crippen LogP contribution in [0.4, 0.5) is 0 Å². The third-order valence-corrected chi connectivity index (χ3v) is 5.66. The van der Waals surface area contributed by atoms with E-state index in [9.17, 15) is 4.79 Å². The van der Waals surface area contributed by atoms with E-state index < -0.39 is 0 Å². The molecule has 0 unspecified atom stereocenters. The molecule has 0 saturated heterocycles. The number of aromatic nitrogens is 2. The minimum absolute atomic E-state index is 0.108. The summed E-state index contributed by atoms with van der Waals surface area (Å²) in [6.07, 6.45) is 4.76. The summed E-state index contributed by atoms with van der Waals surface area (Å²) >= 11 is 1.58. The van der Waals surface area contributed by atoms with Crippen molar-refractivity contribution in [1.82, 2.24) is 14.9 Å². The van der Waals surface area contributed by atoms with Crippen LogP contribution >= 0.6 is 11.3 Å². The molecule has 0 fully saturated rings. The number of carbonyl (C=O) groups excluding carboxylic acids is 1. The van der Waals surface area contributed by atoms with Gasteiger partial charge in [0.05, 0.1) is 19.2 Å². The molecule has 0 aliphatic heterocycles. The van der Waals surface area contributed by atoms with Crippen molar-refractivity contribution in [3.63, 3.8) is 0 Å². The molecule has 27 heavy (non-hydrogen) atoms. The Hall–Kier alpha value is -2.73. The molecule has 140 valence electrons. The molecule has 0 bridgehead atoms. The minimum Gasteiger partial charge on any atom is -0.497 e. The number of hydrogen-bond acceptors (Lipinski definition) is 5. The fourth-order valence-corrected chi connectivity index (χ4v) is 3.75. The van der Waals surface area contributed by atoms with Gasteiger partial charge in [-0.25, -0.2) is 4.98 Å². The van der Waals surface area contributed by atoms with Gasteiger partial charge < -0.3 is 9.64 Å². The molecule has 0 radical (unpaired) electrons. The van der Waals surface area contributed by atoms with Crippen LogP contribution in [0.25, 0.3) is 10.6 Å². The van der Waals surface area contributed by atoms with E-state index in [4.69, 9.17) is 4.74 Å². The number of pyridine rings is 1. The third kappa shape index (κ3) is 4.92. The number of ether oxygens (including phenoxy) is 1. The first-order valence-corrected chi connectivity index (χ1v) is 9.62. The largest absolute Gasteiger partial charge is 0.497 e. The maximum atomic E-state index is 12.6. The van der Waals surface area contributed by atoms with Gasteiger partial charge in [0, 0.05) is 36.4 Å². The Bertz CT molecular complexity index is 892. The second-order valence-electron chi connectivity index (χ2n) is 6.35. The molecule has 5 nitrogen and oxygen atoms in total. The van der Waals surface area contributed by atoms with Crippen molar-refractivity contribution < 1.29 is 9.53 Å². The SMILES string of the molecule is COc1ccc(-c2nc(C)c(CC(=O)N(C)CCc3ccncc3)s2)cc1. The average Bonchev–Trinajstić information content (AvgIpc) is 3.07. The first-order valence-electron chi connectivity index (χ1n) is 8.80. The monoisotopic (exact) mass is 381 g/mol. The minimum atomic E-state index is 0.108. The fraction of sp³-hybridized carbons (Fsp3) is 0.286. The topological polar surface area (TPSA) is 55.3 Å². The lowest BCUT2D eigenvalue weighted by Gasteiger charge is -2.16. The van der Waals surface area contributed by atoms with Gasteiger partial charge in [-0.2, -0.15) is 0 Å². The summed E-state index contributed by atoms with van der Waals surface area (Å²) in [5.41, 5.74) is 3.13. The molecule has 1 amide bonds. The highest BCUT2D eigenvalue weighted by Gasteiger charge is 2.16. The lowest BCUT2D eigenvalue weighted by atomic mass is 10.2. The van der Waals surface area contributed by atoms with Crippen LogP contribution in [0.1, 0.15) is 16.1 Å². The molecule has 0 saturated carbocycles. The Morgan fingerprint density at radius 3 is 2.52 bits per heavy atom. The number of rotatable bonds is 7. The van der Waals surface area contributed by atoms with Crippen molar-refractivity contribution >= 4 is 17.2 Å². The second-order valence-corrected chi connectivity index (χ2v) is 7.44. The summed E-state index contributed by atoms with van der Waals surface area (Å²) < 4.78 is 5.20. The Morgan fingerprint density at radius 2 is 1.85 bits per heavy atom. The highest BCUT2D eigenvalue weighted by Crippen LogP contribution is 2.29. The molecule has 2 aromatic heterocycles. The van der Waals surface area contributed by atoms with Crippen molar-refractivity contribution in [3.8, 4) is 16.3 Å². The molecule has 1 aromatic carbocycles. The normalized spacial score (nSPS) is 10.6. The van der Waals surface area contributed by atoms with Crippen LogP contribution in [-0.2, 0) is 17.6 Å². The highest BCUT2D eigenvalue weighted by atomic mass is 32.1. The number of amides is 1.